The zero-order chi connectivity index (χ0) is 26.2. The second-order valence-corrected chi connectivity index (χ2v) is 9.24. The van der Waals surface area contributed by atoms with Crippen molar-refractivity contribution in [1.29, 1.82) is 0 Å². The molecule has 1 aliphatic carbocycles. The molecule has 0 atom stereocenters. The monoisotopic (exact) mass is 509 g/mol. The molecule has 0 bridgehead atoms. The van der Waals surface area contributed by atoms with E-state index in [4.69, 9.17) is 24.6 Å². The second-order valence-electron chi connectivity index (χ2n) is 9.24. The number of carbonyl (C=O) groups excluding carboxylic acids is 1. The number of aryl methyl sites for hydroxylation is 2. The van der Waals surface area contributed by atoms with Crippen LogP contribution in [0.25, 0.3) is 22.7 Å². The number of fused-ring (bicyclic) bond motifs is 2. The molecule has 0 amide bonds. The molecule has 192 valence electrons. The van der Waals surface area contributed by atoms with Gasteiger partial charge in [0.05, 0.1) is 36.2 Å². The van der Waals surface area contributed by atoms with Crippen LogP contribution >= 0.6 is 0 Å². The predicted octanol–water partition coefficient (Wildman–Crippen LogP) is 4.79. The summed E-state index contributed by atoms with van der Waals surface area (Å²) in [6.45, 7) is 3.26. The summed E-state index contributed by atoms with van der Waals surface area (Å²) in [5, 5.41) is 6.12. The van der Waals surface area contributed by atoms with Gasteiger partial charge >= 0.3 is 5.97 Å². The van der Waals surface area contributed by atoms with Crippen molar-refractivity contribution >= 4 is 23.4 Å². The maximum Gasteiger partial charge on any atom is 0.330 e. The summed E-state index contributed by atoms with van der Waals surface area (Å²) in [5.74, 6) is 0.710. The lowest BCUT2D eigenvalue weighted by Gasteiger charge is -2.20. The Kier molecular flexibility index (Phi) is 5.99. The number of hydrogen-bond donors (Lipinski definition) is 0. The first-order chi connectivity index (χ1) is 18.5. The van der Waals surface area contributed by atoms with Gasteiger partial charge in [-0.2, -0.15) is 9.50 Å². The molecule has 0 N–H and O–H groups in total. The lowest BCUT2D eigenvalue weighted by molar-refractivity contribution is -0.141. The largest absolute Gasteiger partial charge is 0.494 e. The molecule has 3 heterocycles. The molecule has 10 heteroatoms. The van der Waals surface area contributed by atoms with Gasteiger partial charge in [0, 0.05) is 36.0 Å². The van der Waals surface area contributed by atoms with Crippen molar-refractivity contribution in [3.8, 4) is 22.7 Å². The van der Waals surface area contributed by atoms with Crippen LogP contribution in [0.1, 0.15) is 36.7 Å². The van der Waals surface area contributed by atoms with E-state index in [2.05, 4.69) is 17.1 Å². The number of methoxy groups -OCH3 is 1. The molecule has 0 saturated carbocycles. The number of carbonyl (C=O) groups is 1. The third kappa shape index (κ3) is 4.23. The minimum atomic E-state index is -0.507. The fourth-order valence-corrected chi connectivity index (χ4v) is 4.91. The fourth-order valence-electron chi connectivity index (χ4n) is 4.91. The molecule has 5 aromatic rings. The zero-order valence-electron chi connectivity index (χ0n) is 21.5. The van der Waals surface area contributed by atoms with Gasteiger partial charge in [-0.3, -0.25) is 0 Å². The molecular formula is C28H27N7O3. The topological polar surface area (TPSA) is 99.7 Å². The Morgan fingerprint density at radius 1 is 1.05 bits per heavy atom. The normalized spacial score (nSPS) is 12.8. The van der Waals surface area contributed by atoms with Gasteiger partial charge in [0.15, 0.2) is 0 Å². The highest BCUT2D eigenvalue weighted by atomic mass is 16.7. The van der Waals surface area contributed by atoms with Crippen molar-refractivity contribution in [2.45, 2.75) is 39.5 Å². The molecule has 6 rings (SSSR count). The van der Waals surface area contributed by atoms with Gasteiger partial charge in [-0.05, 0) is 44.7 Å². The lowest BCUT2D eigenvalue weighted by Crippen LogP contribution is -2.22. The summed E-state index contributed by atoms with van der Waals surface area (Å²) in [5.41, 5.74) is 6.44. The van der Waals surface area contributed by atoms with Gasteiger partial charge in [-0.15, -0.1) is 10.2 Å². The van der Waals surface area contributed by atoms with Gasteiger partial charge in [-0.1, -0.05) is 30.3 Å². The van der Waals surface area contributed by atoms with Crippen molar-refractivity contribution < 1.29 is 14.4 Å². The van der Waals surface area contributed by atoms with Crippen molar-refractivity contribution in [2.75, 3.05) is 12.2 Å². The number of hydrogen-bond acceptors (Lipinski definition) is 8. The SMILES string of the molecule is COc1cc(N(OC(C)=O)c2nc3nc4c(c(-c5ccccc5)n3n2)CCCC4)ccc1-n1cnc(C)c1. The highest BCUT2D eigenvalue weighted by molar-refractivity contribution is 5.72. The van der Waals surface area contributed by atoms with E-state index in [0.717, 1.165) is 54.0 Å². The highest BCUT2D eigenvalue weighted by Crippen LogP contribution is 2.34. The lowest BCUT2D eigenvalue weighted by atomic mass is 9.92. The third-order valence-corrected chi connectivity index (χ3v) is 6.59. The molecule has 0 spiro atoms. The van der Waals surface area contributed by atoms with Crippen molar-refractivity contribution in [1.82, 2.24) is 29.1 Å². The van der Waals surface area contributed by atoms with Crippen LogP contribution in [-0.4, -0.2) is 42.2 Å². The molecule has 2 aromatic carbocycles. The number of benzene rings is 2. The van der Waals surface area contributed by atoms with E-state index in [1.54, 1.807) is 24.0 Å². The average Bonchev–Trinajstić information content (AvgIpc) is 3.56. The summed E-state index contributed by atoms with van der Waals surface area (Å²) in [6.07, 6.45) is 7.64. The van der Waals surface area contributed by atoms with Gasteiger partial charge in [0.1, 0.15) is 5.75 Å². The Morgan fingerprint density at radius 2 is 1.87 bits per heavy atom. The molecule has 1 aliphatic rings. The van der Waals surface area contributed by atoms with Gasteiger partial charge in [0.25, 0.3) is 11.7 Å². The quantitative estimate of drug-likeness (QED) is 0.301. The third-order valence-electron chi connectivity index (χ3n) is 6.59. The summed E-state index contributed by atoms with van der Waals surface area (Å²) in [4.78, 5) is 31.7. The molecule has 38 heavy (non-hydrogen) atoms. The van der Waals surface area contributed by atoms with E-state index >= 15 is 0 Å². The summed E-state index contributed by atoms with van der Waals surface area (Å²) in [7, 11) is 1.59. The van der Waals surface area contributed by atoms with Crippen molar-refractivity contribution in [3.05, 3.63) is 78.0 Å². The molecule has 3 aromatic heterocycles. The maximum atomic E-state index is 12.2. The van der Waals surface area contributed by atoms with Crippen LogP contribution in [0.4, 0.5) is 11.6 Å². The number of imidazole rings is 1. The van der Waals surface area contributed by atoms with E-state index in [1.165, 1.54) is 17.6 Å². The zero-order valence-corrected chi connectivity index (χ0v) is 21.5. The average molecular weight is 510 g/mol. The van der Waals surface area contributed by atoms with E-state index in [0.29, 0.717) is 17.2 Å². The smallest absolute Gasteiger partial charge is 0.330 e. The predicted molar refractivity (Wildman–Crippen MR) is 142 cm³/mol. The molecule has 0 aliphatic heterocycles. The molecule has 0 fully saturated rings. The van der Waals surface area contributed by atoms with Gasteiger partial charge < -0.3 is 14.1 Å². The summed E-state index contributed by atoms with van der Waals surface area (Å²) in [6, 6.07) is 15.6. The van der Waals surface area contributed by atoms with Gasteiger partial charge in [-0.25, -0.2) is 14.8 Å². The van der Waals surface area contributed by atoms with Gasteiger partial charge in [0.2, 0.25) is 0 Å². The molecular weight excluding hydrogens is 482 g/mol. The first kappa shape index (κ1) is 23.7. The fraction of sp³-hybridized carbons (Fsp3) is 0.250. The van der Waals surface area contributed by atoms with E-state index < -0.39 is 5.97 Å². The molecule has 0 radical (unpaired) electrons. The van der Waals surface area contributed by atoms with Crippen LogP contribution in [0, 0.1) is 6.92 Å². The second kappa shape index (κ2) is 9.62. The Bertz CT molecular complexity index is 1640. The number of rotatable bonds is 6. The summed E-state index contributed by atoms with van der Waals surface area (Å²) < 4.78 is 9.30. The first-order valence-corrected chi connectivity index (χ1v) is 12.5. The standard InChI is InChI=1S/C28H27N7O3/c1-18-16-33(17-29-18)24-14-13-21(15-25(24)37-3)35(38-19(2)36)28-31-27-30-23-12-8-7-11-22(23)26(34(27)32-28)20-9-5-4-6-10-20/h4-6,9-10,13-17H,7-8,11-12H2,1-3H3. The number of ether oxygens (including phenoxy) is 1. The van der Waals surface area contributed by atoms with Crippen LogP contribution in [0.3, 0.4) is 0 Å². The Labute approximate surface area is 219 Å². The molecule has 0 unspecified atom stereocenters. The van der Waals surface area contributed by atoms with E-state index in [9.17, 15) is 4.79 Å². The van der Waals surface area contributed by atoms with Crippen LogP contribution in [-0.2, 0) is 22.5 Å². The highest BCUT2D eigenvalue weighted by Gasteiger charge is 2.26. The number of aromatic nitrogens is 6. The Hall–Kier alpha value is -4.73. The van der Waals surface area contributed by atoms with Crippen LogP contribution in [0.2, 0.25) is 0 Å². The molecule has 0 saturated heterocycles. The minimum absolute atomic E-state index is 0.195. The minimum Gasteiger partial charge on any atom is -0.494 e. The summed E-state index contributed by atoms with van der Waals surface area (Å²) >= 11 is 0. The number of nitrogens with zero attached hydrogens (tertiary/aromatic N) is 7. The van der Waals surface area contributed by atoms with Crippen LogP contribution in [0.15, 0.2) is 61.1 Å². The van der Waals surface area contributed by atoms with Crippen molar-refractivity contribution in [2.24, 2.45) is 0 Å². The number of anilines is 2. The Balaban J connectivity index is 1.50. The maximum absolute atomic E-state index is 12.2. The first-order valence-electron chi connectivity index (χ1n) is 12.5. The van der Waals surface area contributed by atoms with Crippen molar-refractivity contribution in [3.63, 3.8) is 0 Å². The van der Waals surface area contributed by atoms with Crippen LogP contribution < -0.4 is 9.80 Å². The molecule has 10 nitrogen and oxygen atoms in total. The Morgan fingerprint density at radius 3 is 2.61 bits per heavy atom. The van der Waals surface area contributed by atoms with Crippen LogP contribution in [0.5, 0.6) is 5.75 Å². The van der Waals surface area contributed by atoms with E-state index in [-0.39, 0.29) is 5.95 Å². The van der Waals surface area contributed by atoms with E-state index in [1.807, 2.05) is 48.0 Å².